The van der Waals surface area contributed by atoms with Crippen molar-refractivity contribution >= 4 is 23.6 Å². The van der Waals surface area contributed by atoms with Crippen LogP contribution in [0.4, 0.5) is 11.4 Å². The van der Waals surface area contributed by atoms with Gasteiger partial charge in [-0.15, -0.1) is 0 Å². The molecule has 0 aliphatic carbocycles. The number of nitrogen functional groups attached to an aromatic ring is 1. The second-order valence-corrected chi connectivity index (χ2v) is 6.97. The van der Waals surface area contributed by atoms with E-state index >= 15 is 0 Å². The predicted molar refractivity (Wildman–Crippen MR) is 127 cm³/mol. The van der Waals surface area contributed by atoms with Crippen molar-refractivity contribution in [1.29, 1.82) is 0 Å². The summed E-state index contributed by atoms with van der Waals surface area (Å²) in [7, 11) is 1.91. The summed E-state index contributed by atoms with van der Waals surface area (Å²) in [5.74, 6) is -0.141. The molecule has 0 fully saturated rings. The molecule has 0 aliphatic heterocycles. The Hall–Kier alpha value is -3.64. The second-order valence-electron chi connectivity index (χ2n) is 6.97. The van der Waals surface area contributed by atoms with E-state index in [4.69, 9.17) is 11.5 Å². The van der Waals surface area contributed by atoms with Crippen molar-refractivity contribution in [2.45, 2.75) is 12.8 Å². The summed E-state index contributed by atoms with van der Waals surface area (Å²) in [4.78, 5) is 22.4. The molecule has 162 valence electrons. The molecule has 0 saturated heterocycles. The van der Waals surface area contributed by atoms with Gasteiger partial charge in [-0.25, -0.2) is 0 Å². The lowest BCUT2D eigenvalue weighted by atomic mass is 10.1. The van der Waals surface area contributed by atoms with Crippen LogP contribution in [0, 0.1) is 0 Å². The van der Waals surface area contributed by atoms with E-state index in [0.717, 1.165) is 42.6 Å². The maximum Gasteiger partial charge on any atom is 0.251 e. The summed E-state index contributed by atoms with van der Waals surface area (Å²) in [6.45, 7) is 1.27. The van der Waals surface area contributed by atoms with Crippen molar-refractivity contribution in [2.75, 3.05) is 31.2 Å². The number of nitrogens with two attached hydrogens (primary N) is 2. The average Bonchev–Trinajstić information content (AvgIpc) is 2.81. The van der Waals surface area contributed by atoms with E-state index in [1.54, 1.807) is 24.3 Å². The lowest BCUT2D eigenvalue weighted by Gasteiger charge is -2.06. The summed E-state index contributed by atoms with van der Waals surface area (Å²) in [6.07, 6.45) is 2.46. The van der Waals surface area contributed by atoms with Crippen LogP contribution in [0.3, 0.4) is 0 Å². The predicted octanol–water partition coefficient (Wildman–Crippen LogP) is 3.28. The molecule has 0 bridgehead atoms. The highest BCUT2D eigenvalue weighted by atomic mass is 16.1. The van der Waals surface area contributed by atoms with Crippen LogP contribution >= 0.6 is 0 Å². The molecule has 6 N–H and O–H groups in total. The average molecular weight is 419 g/mol. The Kier molecular flexibility index (Phi) is 9.78. The van der Waals surface area contributed by atoms with Gasteiger partial charge in [0.05, 0.1) is 0 Å². The fourth-order valence-corrected chi connectivity index (χ4v) is 2.82. The lowest BCUT2D eigenvalue weighted by Crippen LogP contribution is -2.25. The van der Waals surface area contributed by atoms with Gasteiger partial charge >= 0.3 is 0 Å². The summed E-state index contributed by atoms with van der Waals surface area (Å²) in [5, 5.41) is 5.91. The topological polar surface area (TPSA) is 110 Å². The molecule has 0 aliphatic rings. The highest BCUT2D eigenvalue weighted by Gasteiger charge is 2.04. The Morgan fingerprint density at radius 3 is 2.00 bits per heavy atom. The minimum atomic E-state index is -0.141. The highest BCUT2D eigenvalue weighted by Crippen LogP contribution is 2.08. The number of hydrogen-bond acceptors (Lipinski definition) is 5. The molecule has 0 atom stereocenters. The Bertz CT molecular complexity index is 937. The molecule has 0 heterocycles. The first-order valence-corrected chi connectivity index (χ1v) is 10.2. The highest BCUT2D eigenvalue weighted by molar-refractivity contribution is 5.94. The number of carbonyl (C=O) groups excluding carboxylic acids is 2. The molecule has 0 unspecified atom stereocenters. The van der Waals surface area contributed by atoms with E-state index in [0.29, 0.717) is 17.7 Å². The molecule has 0 radical (unpaired) electrons. The fraction of sp³-hybridized carbons (Fsp3) is 0.200. The quantitative estimate of drug-likeness (QED) is 0.331. The molecule has 3 aromatic rings. The van der Waals surface area contributed by atoms with Gasteiger partial charge in [-0.2, -0.15) is 0 Å². The van der Waals surface area contributed by atoms with Crippen molar-refractivity contribution in [3.63, 3.8) is 0 Å². The number of aldehydes is 1. The number of nitrogens with one attached hydrogen (secondary N) is 2. The van der Waals surface area contributed by atoms with E-state index in [-0.39, 0.29) is 5.91 Å². The zero-order valence-corrected chi connectivity index (χ0v) is 17.8. The zero-order valence-electron chi connectivity index (χ0n) is 17.8. The molecule has 0 aromatic heterocycles. The van der Waals surface area contributed by atoms with Crippen LogP contribution in [-0.2, 0) is 12.8 Å². The number of hydrogen-bond donors (Lipinski definition) is 4. The third-order valence-corrected chi connectivity index (χ3v) is 4.66. The molecule has 31 heavy (non-hydrogen) atoms. The van der Waals surface area contributed by atoms with Crippen molar-refractivity contribution < 1.29 is 9.59 Å². The standard InChI is InChI=1S/C16H16N2O2.C9H14N2/c17-15-7-3-12(4-8-15)9-10-18-16(20)14-5-1-13(11-19)2-6-14;1-11-9-4-2-8(3-5-9)6-7-10/h1-8,11H,9-10,17H2,(H,18,20);2-5,11H,6-7,10H2,1H3. The molecule has 0 spiro atoms. The summed E-state index contributed by atoms with van der Waals surface area (Å²) < 4.78 is 0. The van der Waals surface area contributed by atoms with Crippen LogP contribution in [0.1, 0.15) is 31.8 Å². The first-order chi connectivity index (χ1) is 15.0. The zero-order chi connectivity index (χ0) is 22.5. The maximum absolute atomic E-state index is 11.9. The Balaban J connectivity index is 0.000000262. The normalized spacial score (nSPS) is 9.87. The molecule has 1 amide bonds. The van der Waals surface area contributed by atoms with Gasteiger partial charge in [0.15, 0.2) is 0 Å². The van der Waals surface area contributed by atoms with Crippen molar-refractivity contribution in [2.24, 2.45) is 5.73 Å². The number of benzene rings is 3. The van der Waals surface area contributed by atoms with Gasteiger partial charge in [0.2, 0.25) is 0 Å². The minimum Gasteiger partial charge on any atom is -0.399 e. The van der Waals surface area contributed by atoms with E-state index in [9.17, 15) is 9.59 Å². The molecule has 3 rings (SSSR count). The minimum absolute atomic E-state index is 0.141. The van der Waals surface area contributed by atoms with E-state index < -0.39 is 0 Å². The Morgan fingerprint density at radius 1 is 0.871 bits per heavy atom. The van der Waals surface area contributed by atoms with Gasteiger partial charge in [-0.1, -0.05) is 36.4 Å². The Labute approximate surface area is 183 Å². The van der Waals surface area contributed by atoms with E-state index in [1.807, 2.05) is 31.3 Å². The van der Waals surface area contributed by atoms with Gasteiger partial charge < -0.3 is 22.1 Å². The van der Waals surface area contributed by atoms with Gasteiger partial charge in [0.1, 0.15) is 6.29 Å². The van der Waals surface area contributed by atoms with Crippen molar-refractivity contribution in [3.05, 3.63) is 95.1 Å². The maximum atomic E-state index is 11.9. The smallest absolute Gasteiger partial charge is 0.251 e. The molecular formula is C25H30N4O2. The largest absolute Gasteiger partial charge is 0.399 e. The first-order valence-electron chi connectivity index (χ1n) is 10.2. The number of rotatable bonds is 8. The summed E-state index contributed by atoms with van der Waals surface area (Å²) in [6, 6.07) is 22.4. The van der Waals surface area contributed by atoms with Crippen LogP contribution in [0.5, 0.6) is 0 Å². The molecular weight excluding hydrogens is 388 g/mol. The Morgan fingerprint density at radius 2 is 1.45 bits per heavy atom. The monoisotopic (exact) mass is 418 g/mol. The van der Waals surface area contributed by atoms with Crippen molar-refractivity contribution in [3.8, 4) is 0 Å². The lowest BCUT2D eigenvalue weighted by molar-refractivity contribution is 0.0953. The third-order valence-electron chi connectivity index (χ3n) is 4.66. The number of carbonyl (C=O) groups is 2. The fourth-order valence-electron chi connectivity index (χ4n) is 2.82. The van der Waals surface area contributed by atoms with Crippen LogP contribution in [0.2, 0.25) is 0 Å². The van der Waals surface area contributed by atoms with Crippen LogP contribution in [-0.4, -0.2) is 32.3 Å². The number of amides is 1. The molecule has 0 saturated carbocycles. The number of anilines is 2. The van der Waals surface area contributed by atoms with Crippen LogP contribution in [0.25, 0.3) is 0 Å². The van der Waals surface area contributed by atoms with Gasteiger partial charge in [-0.3, -0.25) is 9.59 Å². The molecule has 6 nitrogen and oxygen atoms in total. The SMILES string of the molecule is CNc1ccc(CCN)cc1.Nc1ccc(CCNC(=O)c2ccc(C=O)cc2)cc1. The van der Waals surface area contributed by atoms with Gasteiger partial charge in [0, 0.05) is 36.1 Å². The summed E-state index contributed by atoms with van der Waals surface area (Å²) >= 11 is 0. The molecule has 3 aromatic carbocycles. The van der Waals surface area contributed by atoms with Crippen molar-refractivity contribution in [1.82, 2.24) is 5.32 Å². The first kappa shape index (κ1) is 23.6. The van der Waals surface area contributed by atoms with E-state index in [2.05, 4.69) is 34.9 Å². The second kappa shape index (κ2) is 12.8. The summed E-state index contributed by atoms with van der Waals surface area (Å²) in [5.41, 5.74) is 16.4. The van der Waals surface area contributed by atoms with Crippen LogP contribution < -0.4 is 22.1 Å². The van der Waals surface area contributed by atoms with Gasteiger partial charge in [-0.05, 0) is 66.9 Å². The third kappa shape index (κ3) is 8.32. The van der Waals surface area contributed by atoms with Gasteiger partial charge in [0.25, 0.3) is 5.91 Å². The van der Waals surface area contributed by atoms with Crippen LogP contribution in [0.15, 0.2) is 72.8 Å². The molecule has 6 heteroatoms. The van der Waals surface area contributed by atoms with E-state index in [1.165, 1.54) is 5.56 Å².